The number of aryl methyl sites for hydroxylation is 1. The van der Waals surface area contributed by atoms with Crippen molar-refractivity contribution in [2.75, 3.05) is 13.1 Å². The number of hydrogen-bond acceptors (Lipinski definition) is 4. The van der Waals surface area contributed by atoms with Crippen molar-refractivity contribution in [1.82, 2.24) is 4.90 Å². The van der Waals surface area contributed by atoms with Crippen LogP contribution in [-0.4, -0.2) is 46.0 Å². The zero-order valence-corrected chi connectivity index (χ0v) is 10.3. The van der Waals surface area contributed by atoms with Crippen LogP contribution in [0.5, 0.6) is 5.75 Å². The van der Waals surface area contributed by atoms with Crippen LogP contribution in [0, 0.1) is 6.92 Å². The summed E-state index contributed by atoms with van der Waals surface area (Å²) in [5, 5.41) is 18.0. The minimum absolute atomic E-state index is 0.00580. The normalized spacial score (nSPS) is 9.95. The van der Waals surface area contributed by atoms with E-state index < -0.39 is 30.9 Å². The van der Waals surface area contributed by atoms with Gasteiger partial charge in [0.25, 0.3) is 5.91 Å². The summed E-state index contributed by atoms with van der Waals surface area (Å²) in [7, 11) is 0. The van der Waals surface area contributed by atoms with E-state index in [9.17, 15) is 19.5 Å². The van der Waals surface area contributed by atoms with Gasteiger partial charge in [-0.15, -0.1) is 0 Å². The molecular formula is C12H14N2O5. The van der Waals surface area contributed by atoms with E-state index in [1.807, 2.05) is 0 Å². The minimum atomic E-state index is -1.24. The number of carbonyl (C=O) groups is 3. The third-order valence-electron chi connectivity index (χ3n) is 2.40. The van der Waals surface area contributed by atoms with Crippen LogP contribution in [0.4, 0.5) is 0 Å². The second-order valence-corrected chi connectivity index (χ2v) is 4.02. The lowest BCUT2D eigenvalue weighted by molar-refractivity contribution is -0.138. The summed E-state index contributed by atoms with van der Waals surface area (Å²) in [4.78, 5) is 34.5. The summed E-state index contributed by atoms with van der Waals surface area (Å²) in [6, 6.07) is 4.04. The van der Waals surface area contributed by atoms with E-state index in [0.29, 0.717) is 5.56 Å². The fourth-order valence-corrected chi connectivity index (χ4v) is 1.61. The molecule has 4 N–H and O–H groups in total. The predicted molar refractivity (Wildman–Crippen MR) is 65.6 cm³/mol. The highest BCUT2D eigenvalue weighted by Gasteiger charge is 2.21. The van der Waals surface area contributed by atoms with Crippen LogP contribution in [0.15, 0.2) is 18.2 Å². The number of carboxylic acids is 1. The summed E-state index contributed by atoms with van der Waals surface area (Å²) >= 11 is 0. The quantitative estimate of drug-likeness (QED) is 0.676. The van der Waals surface area contributed by atoms with Gasteiger partial charge in [0.15, 0.2) is 0 Å². The van der Waals surface area contributed by atoms with Crippen LogP contribution in [0.3, 0.4) is 0 Å². The molecule has 0 radical (unpaired) electrons. The molecule has 1 aromatic rings. The summed E-state index contributed by atoms with van der Waals surface area (Å²) in [5.74, 6) is -2.68. The van der Waals surface area contributed by atoms with Gasteiger partial charge in [-0.25, -0.2) is 0 Å². The van der Waals surface area contributed by atoms with Gasteiger partial charge >= 0.3 is 5.97 Å². The molecule has 0 aliphatic carbocycles. The number of hydrogen-bond donors (Lipinski definition) is 3. The van der Waals surface area contributed by atoms with Gasteiger partial charge in [0.05, 0.1) is 0 Å². The number of phenols is 1. The van der Waals surface area contributed by atoms with Crippen LogP contribution in [0.25, 0.3) is 0 Å². The van der Waals surface area contributed by atoms with Gasteiger partial charge in [0, 0.05) is 5.56 Å². The molecule has 0 fully saturated rings. The van der Waals surface area contributed by atoms with Crippen LogP contribution >= 0.6 is 0 Å². The Morgan fingerprint density at radius 3 is 2.37 bits per heavy atom. The molecule has 2 amide bonds. The zero-order chi connectivity index (χ0) is 14.6. The summed E-state index contributed by atoms with van der Waals surface area (Å²) < 4.78 is 0. The molecule has 1 aromatic carbocycles. The average Bonchev–Trinajstić information content (AvgIpc) is 2.26. The van der Waals surface area contributed by atoms with Crippen LogP contribution in [-0.2, 0) is 9.59 Å². The summed E-state index contributed by atoms with van der Waals surface area (Å²) in [6.45, 7) is 0.490. The maximum absolute atomic E-state index is 12.1. The number of rotatable bonds is 5. The lowest BCUT2D eigenvalue weighted by Crippen LogP contribution is -2.41. The predicted octanol–water partition coefficient (Wildman–Crippen LogP) is -0.287. The third kappa shape index (κ3) is 3.98. The van der Waals surface area contributed by atoms with Crippen molar-refractivity contribution in [3.63, 3.8) is 0 Å². The molecule has 0 bridgehead atoms. The molecule has 7 heteroatoms. The van der Waals surface area contributed by atoms with Crippen molar-refractivity contribution in [2.24, 2.45) is 5.73 Å². The molecule has 1 rings (SSSR count). The number of aliphatic carboxylic acids is 1. The molecule has 0 atom stereocenters. The van der Waals surface area contributed by atoms with Crippen LogP contribution in [0.1, 0.15) is 15.9 Å². The Kier molecular flexibility index (Phi) is 4.46. The van der Waals surface area contributed by atoms with Crippen LogP contribution in [0.2, 0.25) is 0 Å². The van der Waals surface area contributed by atoms with E-state index in [1.165, 1.54) is 18.2 Å². The minimum Gasteiger partial charge on any atom is -0.508 e. The Hall–Kier alpha value is -2.57. The molecular weight excluding hydrogens is 252 g/mol. The Bertz CT molecular complexity index is 511. The molecule has 19 heavy (non-hydrogen) atoms. The molecule has 0 aromatic heterocycles. The number of nitrogens with zero attached hydrogens (tertiary/aromatic N) is 1. The van der Waals surface area contributed by atoms with Gasteiger partial charge < -0.3 is 20.8 Å². The number of aromatic hydroxyl groups is 1. The van der Waals surface area contributed by atoms with E-state index in [1.54, 1.807) is 6.92 Å². The monoisotopic (exact) mass is 266 g/mol. The first-order valence-electron chi connectivity index (χ1n) is 5.40. The van der Waals surface area contributed by atoms with Crippen molar-refractivity contribution >= 4 is 17.8 Å². The second-order valence-electron chi connectivity index (χ2n) is 4.02. The Balaban J connectivity index is 3.04. The van der Waals surface area contributed by atoms with Crippen LogP contribution < -0.4 is 5.73 Å². The van der Waals surface area contributed by atoms with E-state index in [-0.39, 0.29) is 11.3 Å². The van der Waals surface area contributed by atoms with Crippen molar-refractivity contribution in [3.8, 4) is 5.75 Å². The smallest absolute Gasteiger partial charge is 0.323 e. The number of benzene rings is 1. The molecule has 0 saturated heterocycles. The number of phenolic OH excluding ortho intramolecular Hbond substituents is 1. The largest absolute Gasteiger partial charge is 0.508 e. The Labute approximate surface area is 109 Å². The lowest BCUT2D eigenvalue weighted by atomic mass is 10.1. The molecule has 0 unspecified atom stereocenters. The third-order valence-corrected chi connectivity index (χ3v) is 2.40. The lowest BCUT2D eigenvalue weighted by Gasteiger charge is -2.20. The van der Waals surface area contributed by atoms with Gasteiger partial charge in [0.1, 0.15) is 18.8 Å². The molecule has 102 valence electrons. The van der Waals surface area contributed by atoms with E-state index in [2.05, 4.69) is 0 Å². The molecule has 0 aliphatic rings. The highest BCUT2D eigenvalue weighted by Crippen LogP contribution is 2.17. The number of nitrogens with two attached hydrogens (primary N) is 1. The standard InChI is InChI=1S/C12H14N2O5/c1-7-4-8(15)2-3-9(7)12(19)14(5-10(13)16)6-11(17)18/h2-4,15H,5-6H2,1H3,(H2,13,16)(H,17,18). The fourth-order valence-electron chi connectivity index (χ4n) is 1.61. The topological polar surface area (TPSA) is 121 Å². The van der Waals surface area contributed by atoms with E-state index in [4.69, 9.17) is 10.8 Å². The first kappa shape index (κ1) is 14.5. The van der Waals surface area contributed by atoms with Crippen molar-refractivity contribution < 1.29 is 24.6 Å². The Morgan fingerprint density at radius 1 is 1.26 bits per heavy atom. The summed E-state index contributed by atoms with van der Waals surface area (Å²) in [5.41, 5.74) is 5.67. The molecule has 0 heterocycles. The van der Waals surface area contributed by atoms with Crippen molar-refractivity contribution in [2.45, 2.75) is 6.92 Å². The van der Waals surface area contributed by atoms with E-state index >= 15 is 0 Å². The SMILES string of the molecule is Cc1cc(O)ccc1C(=O)N(CC(N)=O)CC(=O)O. The molecule has 0 aliphatic heterocycles. The number of carbonyl (C=O) groups excluding carboxylic acids is 2. The zero-order valence-electron chi connectivity index (χ0n) is 10.3. The van der Waals surface area contributed by atoms with Gasteiger partial charge in [-0.05, 0) is 30.7 Å². The number of carboxylic acid groups (broad SMARTS) is 1. The fraction of sp³-hybridized carbons (Fsp3) is 0.250. The molecule has 7 nitrogen and oxygen atoms in total. The maximum Gasteiger partial charge on any atom is 0.323 e. The van der Waals surface area contributed by atoms with Crippen molar-refractivity contribution in [3.05, 3.63) is 29.3 Å². The van der Waals surface area contributed by atoms with Gasteiger partial charge in [0.2, 0.25) is 5.91 Å². The van der Waals surface area contributed by atoms with Gasteiger partial charge in [-0.1, -0.05) is 0 Å². The molecule has 0 saturated carbocycles. The van der Waals surface area contributed by atoms with E-state index in [0.717, 1.165) is 4.90 Å². The Morgan fingerprint density at radius 2 is 1.89 bits per heavy atom. The van der Waals surface area contributed by atoms with Gasteiger partial charge in [-0.3, -0.25) is 14.4 Å². The highest BCUT2D eigenvalue weighted by atomic mass is 16.4. The second kappa shape index (κ2) is 5.85. The maximum atomic E-state index is 12.1. The first-order chi connectivity index (χ1) is 8.81. The highest BCUT2D eigenvalue weighted by molar-refractivity contribution is 5.99. The first-order valence-corrected chi connectivity index (χ1v) is 5.40. The summed E-state index contributed by atoms with van der Waals surface area (Å²) in [6.07, 6.45) is 0. The van der Waals surface area contributed by atoms with Crippen molar-refractivity contribution in [1.29, 1.82) is 0 Å². The average molecular weight is 266 g/mol. The molecule has 0 spiro atoms. The number of primary amides is 1. The number of amides is 2. The van der Waals surface area contributed by atoms with Gasteiger partial charge in [-0.2, -0.15) is 0 Å².